The largest absolute Gasteiger partial charge is 0.342 e. The van der Waals surface area contributed by atoms with Crippen LogP contribution in [0.15, 0.2) is 64.2 Å². The number of hydrogen-bond acceptors (Lipinski definition) is 3. The summed E-state index contributed by atoms with van der Waals surface area (Å²) in [5, 5.41) is 3.06. The van der Waals surface area contributed by atoms with E-state index in [0.29, 0.717) is 11.5 Å². The Morgan fingerprint density at radius 2 is 1.65 bits per heavy atom. The lowest BCUT2D eigenvalue weighted by molar-refractivity contribution is 0.879. The molecule has 1 aromatic heterocycles. The molecule has 0 amide bonds. The predicted octanol–water partition coefficient (Wildman–Crippen LogP) is 2.89. The number of nitrogens with one attached hydrogen (secondary N) is 2. The Morgan fingerprint density at radius 3 is 2.30 bits per heavy atom. The summed E-state index contributed by atoms with van der Waals surface area (Å²) in [5.41, 5.74) is 2.82. The quantitative estimate of drug-likeness (QED) is 0.782. The average molecular weight is 307 g/mol. The second-order valence-corrected chi connectivity index (χ2v) is 5.42. The molecule has 0 aliphatic heterocycles. The van der Waals surface area contributed by atoms with Crippen molar-refractivity contribution in [3.63, 3.8) is 0 Å². The molecule has 5 nitrogen and oxygen atoms in total. The highest BCUT2D eigenvalue weighted by atomic mass is 16.2. The Morgan fingerprint density at radius 1 is 0.913 bits per heavy atom. The van der Waals surface area contributed by atoms with Crippen LogP contribution in [0.3, 0.4) is 0 Å². The number of aromatic nitrogens is 2. The molecule has 0 aliphatic rings. The zero-order valence-corrected chi connectivity index (χ0v) is 13.0. The van der Waals surface area contributed by atoms with Gasteiger partial charge in [0.25, 0.3) is 5.56 Å². The highest BCUT2D eigenvalue weighted by Crippen LogP contribution is 2.17. The smallest absolute Gasteiger partial charge is 0.334 e. The molecule has 2 N–H and O–H groups in total. The minimum atomic E-state index is -0.477. The monoisotopic (exact) mass is 307 g/mol. The molecule has 3 rings (SSSR count). The van der Waals surface area contributed by atoms with Gasteiger partial charge in [-0.25, -0.2) is 9.36 Å². The molecule has 0 aliphatic carbocycles. The first-order valence-electron chi connectivity index (χ1n) is 7.31. The highest BCUT2D eigenvalue weighted by molar-refractivity contribution is 5.57. The van der Waals surface area contributed by atoms with Crippen LogP contribution >= 0.6 is 0 Å². The number of benzene rings is 2. The lowest BCUT2D eigenvalue weighted by Crippen LogP contribution is -2.33. The summed E-state index contributed by atoms with van der Waals surface area (Å²) in [6.45, 7) is 4.04. The first-order valence-corrected chi connectivity index (χ1v) is 7.31. The van der Waals surface area contributed by atoms with Gasteiger partial charge < -0.3 is 5.32 Å². The summed E-state index contributed by atoms with van der Waals surface area (Å²) < 4.78 is 1.10. The molecule has 0 unspecified atom stereocenters. The summed E-state index contributed by atoms with van der Waals surface area (Å²) in [6.07, 6.45) is 0. The van der Waals surface area contributed by atoms with Crippen molar-refractivity contribution in [2.45, 2.75) is 13.8 Å². The fourth-order valence-electron chi connectivity index (χ4n) is 2.36. The van der Waals surface area contributed by atoms with E-state index in [9.17, 15) is 9.59 Å². The fourth-order valence-corrected chi connectivity index (χ4v) is 2.36. The van der Waals surface area contributed by atoms with E-state index >= 15 is 0 Å². The van der Waals surface area contributed by atoms with Crippen molar-refractivity contribution in [1.82, 2.24) is 9.55 Å². The van der Waals surface area contributed by atoms with Gasteiger partial charge in [0.05, 0.1) is 5.69 Å². The Balaban J connectivity index is 1.98. The normalized spacial score (nSPS) is 10.5. The van der Waals surface area contributed by atoms with Gasteiger partial charge >= 0.3 is 5.69 Å². The van der Waals surface area contributed by atoms with Crippen LogP contribution in [0.25, 0.3) is 5.69 Å². The number of para-hydroxylation sites is 1. The molecular formula is C18H17N3O2. The second kappa shape index (κ2) is 5.96. The molecule has 0 radical (unpaired) electrons. The molecule has 0 saturated carbocycles. The fraction of sp³-hybridized carbons (Fsp3) is 0.111. The third kappa shape index (κ3) is 3.08. The lowest BCUT2D eigenvalue weighted by Gasteiger charge is -2.10. The van der Waals surface area contributed by atoms with Gasteiger partial charge in [-0.15, -0.1) is 0 Å². The Hall–Kier alpha value is -3.08. The number of H-pyrrole nitrogens is 1. The molecule has 0 fully saturated rings. The zero-order valence-electron chi connectivity index (χ0n) is 13.0. The summed E-state index contributed by atoms with van der Waals surface area (Å²) in [5.74, 6) is 0.371. The Labute approximate surface area is 133 Å². The number of nitrogens with zero attached hydrogens (tertiary/aromatic N) is 1. The molecule has 0 saturated heterocycles. The molecule has 0 atom stereocenters. The van der Waals surface area contributed by atoms with Gasteiger partial charge in [0.1, 0.15) is 5.82 Å². The number of anilines is 2. The van der Waals surface area contributed by atoms with Crippen LogP contribution < -0.4 is 16.6 Å². The number of rotatable bonds is 3. The molecule has 1 heterocycles. The first kappa shape index (κ1) is 14.8. The number of aryl methyl sites for hydroxylation is 2. The minimum absolute atomic E-state index is 0.371. The van der Waals surface area contributed by atoms with E-state index in [2.05, 4.69) is 10.3 Å². The van der Waals surface area contributed by atoms with Crippen molar-refractivity contribution in [3.8, 4) is 5.69 Å². The van der Waals surface area contributed by atoms with Crippen molar-refractivity contribution in [2.24, 2.45) is 0 Å². The molecule has 2 aromatic carbocycles. The Bertz CT molecular complexity index is 925. The van der Waals surface area contributed by atoms with Crippen LogP contribution in [0.1, 0.15) is 11.1 Å². The average Bonchev–Trinajstić information content (AvgIpc) is 2.51. The van der Waals surface area contributed by atoms with Crippen LogP contribution in [0, 0.1) is 13.8 Å². The molecule has 0 bridgehead atoms. The molecule has 23 heavy (non-hydrogen) atoms. The van der Waals surface area contributed by atoms with E-state index in [1.807, 2.05) is 38.1 Å². The van der Waals surface area contributed by atoms with Crippen LogP contribution in [-0.2, 0) is 0 Å². The molecular weight excluding hydrogens is 290 g/mol. The van der Waals surface area contributed by atoms with Crippen LogP contribution in [0.4, 0.5) is 11.5 Å². The zero-order chi connectivity index (χ0) is 16.4. The van der Waals surface area contributed by atoms with Crippen molar-refractivity contribution in [1.29, 1.82) is 0 Å². The van der Waals surface area contributed by atoms with E-state index in [1.54, 1.807) is 24.3 Å². The van der Waals surface area contributed by atoms with Crippen LogP contribution in [0.5, 0.6) is 0 Å². The third-order valence-corrected chi connectivity index (χ3v) is 3.73. The maximum absolute atomic E-state index is 12.3. The van der Waals surface area contributed by atoms with Crippen molar-refractivity contribution < 1.29 is 0 Å². The molecule has 0 spiro atoms. The van der Waals surface area contributed by atoms with Gasteiger partial charge in [0.15, 0.2) is 0 Å². The maximum atomic E-state index is 12.3. The molecule has 116 valence electrons. The van der Waals surface area contributed by atoms with Gasteiger partial charge in [-0.1, -0.05) is 24.3 Å². The van der Waals surface area contributed by atoms with Crippen molar-refractivity contribution in [2.75, 3.05) is 5.32 Å². The topological polar surface area (TPSA) is 66.9 Å². The van der Waals surface area contributed by atoms with E-state index in [0.717, 1.165) is 15.8 Å². The van der Waals surface area contributed by atoms with Crippen LogP contribution in [-0.4, -0.2) is 9.55 Å². The second-order valence-electron chi connectivity index (χ2n) is 5.42. The molecule has 3 aromatic rings. The summed E-state index contributed by atoms with van der Waals surface area (Å²) in [6, 6.07) is 16.1. The first-order chi connectivity index (χ1) is 11.0. The van der Waals surface area contributed by atoms with Gasteiger partial charge in [0.2, 0.25) is 0 Å². The summed E-state index contributed by atoms with van der Waals surface area (Å²) in [4.78, 5) is 27.2. The van der Waals surface area contributed by atoms with Gasteiger partial charge in [-0.05, 0) is 49.2 Å². The van der Waals surface area contributed by atoms with E-state index in [-0.39, 0.29) is 5.56 Å². The SMILES string of the molecule is Cc1ccc(Nc2cc(=O)n(-c3ccccc3)c(=O)[nH]2)cc1C. The van der Waals surface area contributed by atoms with Gasteiger partial charge in [-0.3, -0.25) is 9.78 Å². The van der Waals surface area contributed by atoms with Gasteiger partial charge in [0, 0.05) is 11.8 Å². The third-order valence-electron chi connectivity index (χ3n) is 3.73. The van der Waals surface area contributed by atoms with Crippen molar-refractivity contribution in [3.05, 3.63) is 86.6 Å². The number of hydrogen-bond donors (Lipinski definition) is 2. The van der Waals surface area contributed by atoms with E-state index in [4.69, 9.17) is 0 Å². The minimum Gasteiger partial charge on any atom is -0.342 e. The Kier molecular flexibility index (Phi) is 3.85. The maximum Gasteiger partial charge on any atom is 0.334 e. The number of aromatic amines is 1. The van der Waals surface area contributed by atoms with E-state index < -0.39 is 5.69 Å². The van der Waals surface area contributed by atoms with Crippen LogP contribution in [0.2, 0.25) is 0 Å². The summed E-state index contributed by atoms with van der Waals surface area (Å²) >= 11 is 0. The highest BCUT2D eigenvalue weighted by Gasteiger charge is 2.07. The standard InChI is InChI=1S/C18H17N3O2/c1-12-8-9-14(10-13(12)2)19-16-11-17(22)21(18(23)20-16)15-6-4-3-5-7-15/h3-11,19H,1-2H3,(H,20,23). The lowest BCUT2D eigenvalue weighted by atomic mass is 10.1. The van der Waals surface area contributed by atoms with Gasteiger partial charge in [-0.2, -0.15) is 0 Å². The predicted molar refractivity (Wildman–Crippen MR) is 91.9 cm³/mol. The molecule has 5 heteroatoms. The van der Waals surface area contributed by atoms with Crippen molar-refractivity contribution >= 4 is 11.5 Å². The summed E-state index contributed by atoms with van der Waals surface area (Å²) in [7, 11) is 0. The van der Waals surface area contributed by atoms with E-state index in [1.165, 1.54) is 11.6 Å².